The summed E-state index contributed by atoms with van der Waals surface area (Å²) in [6, 6.07) is 0. The van der Waals surface area contributed by atoms with Crippen molar-refractivity contribution < 1.29 is 24.4 Å². The molecule has 0 atom stereocenters. The van der Waals surface area contributed by atoms with E-state index in [1.807, 2.05) is 0 Å². The Morgan fingerprint density at radius 2 is 1.11 bits per heavy atom. The quantitative estimate of drug-likeness (QED) is 0.367. The van der Waals surface area contributed by atoms with Crippen LogP contribution in [0.4, 0.5) is 0 Å². The minimum absolute atomic E-state index is 0.369. The van der Waals surface area contributed by atoms with Gasteiger partial charge in [-0.15, -0.1) is 0 Å². The standard InChI is InChI=1S/C13H28O.H3O4P/c1-13(2)11-9-7-5-3-4-6-8-10-12-14;1-5(2,3)4/h13-14H,3-12H2,1-2H3;(H3,1,2,3,4). The third-order valence-electron chi connectivity index (χ3n) is 2.69. The molecule has 0 aliphatic rings. The fraction of sp³-hybridized carbons (Fsp3) is 1.00. The van der Waals surface area contributed by atoms with Crippen molar-refractivity contribution in [3.63, 3.8) is 0 Å². The van der Waals surface area contributed by atoms with Crippen LogP contribution in [0.5, 0.6) is 0 Å². The Balaban J connectivity index is 0. The molecule has 0 aromatic carbocycles. The van der Waals surface area contributed by atoms with Crippen LogP contribution in [-0.4, -0.2) is 26.4 Å². The number of unbranched alkanes of at least 4 members (excludes halogenated alkanes) is 7. The van der Waals surface area contributed by atoms with Crippen molar-refractivity contribution in [2.45, 2.75) is 71.6 Å². The van der Waals surface area contributed by atoms with Gasteiger partial charge in [0.1, 0.15) is 0 Å². The van der Waals surface area contributed by atoms with Crippen molar-refractivity contribution in [3.8, 4) is 0 Å². The van der Waals surface area contributed by atoms with E-state index in [4.69, 9.17) is 24.4 Å². The highest BCUT2D eigenvalue weighted by molar-refractivity contribution is 7.45. The van der Waals surface area contributed by atoms with E-state index in [-0.39, 0.29) is 0 Å². The van der Waals surface area contributed by atoms with Gasteiger partial charge in [0.25, 0.3) is 0 Å². The Morgan fingerprint density at radius 3 is 1.42 bits per heavy atom. The Labute approximate surface area is 117 Å². The first kappa shape index (κ1) is 21.4. The molecular weight excluding hydrogens is 267 g/mol. The zero-order valence-corrected chi connectivity index (χ0v) is 13.2. The molecule has 5 nitrogen and oxygen atoms in total. The van der Waals surface area contributed by atoms with E-state index in [1.54, 1.807) is 0 Å². The van der Waals surface area contributed by atoms with Crippen LogP contribution < -0.4 is 0 Å². The minimum Gasteiger partial charge on any atom is -0.396 e. The zero-order valence-electron chi connectivity index (χ0n) is 12.3. The molecule has 0 fully saturated rings. The molecule has 0 unspecified atom stereocenters. The molecule has 0 bridgehead atoms. The molecule has 0 saturated heterocycles. The molecule has 118 valence electrons. The van der Waals surface area contributed by atoms with Gasteiger partial charge < -0.3 is 19.8 Å². The van der Waals surface area contributed by atoms with E-state index in [2.05, 4.69) is 13.8 Å². The predicted octanol–water partition coefficient (Wildman–Crippen LogP) is 3.22. The molecule has 0 aromatic rings. The van der Waals surface area contributed by atoms with Crippen LogP contribution in [0, 0.1) is 5.92 Å². The predicted molar refractivity (Wildman–Crippen MR) is 77.7 cm³/mol. The van der Waals surface area contributed by atoms with Gasteiger partial charge in [-0.05, 0) is 12.3 Å². The number of aliphatic hydroxyl groups is 1. The lowest BCUT2D eigenvalue weighted by Crippen LogP contribution is -1.87. The summed E-state index contributed by atoms with van der Waals surface area (Å²) in [7, 11) is -4.64. The monoisotopic (exact) mass is 298 g/mol. The van der Waals surface area contributed by atoms with Crippen LogP contribution in [0.3, 0.4) is 0 Å². The molecule has 0 heterocycles. The SMILES string of the molecule is CC(C)CCCCCCCCCCO.O=P(O)(O)O. The summed E-state index contributed by atoms with van der Waals surface area (Å²) in [6.07, 6.45) is 11.9. The largest absolute Gasteiger partial charge is 0.466 e. The average Bonchev–Trinajstić information content (AvgIpc) is 2.24. The number of phosphoric acid groups is 1. The molecule has 0 aliphatic carbocycles. The van der Waals surface area contributed by atoms with Crippen molar-refractivity contribution in [1.29, 1.82) is 0 Å². The summed E-state index contributed by atoms with van der Waals surface area (Å²) >= 11 is 0. The van der Waals surface area contributed by atoms with Crippen LogP contribution in [0.1, 0.15) is 71.6 Å². The molecule has 0 rings (SSSR count). The van der Waals surface area contributed by atoms with E-state index < -0.39 is 7.82 Å². The van der Waals surface area contributed by atoms with Crippen LogP contribution in [-0.2, 0) is 4.57 Å². The fourth-order valence-corrected chi connectivity index (χ4v) is 1.73. The topological polar surface area (TPSA) is 98.0 Å². The zero-order chi connectivity index (χ0) is 15.1. The van der Waals surface area contributed by atoms with Crippen LogP contribution in [0.2, 0.25) is 0 Å². The van der Waals surface area contributed by atoms with Gasteiger partial charge in [-0.3, -0.25) is 0 Å². The van der Waals surface area contributed by atoms with Gasteiger partial charge in [-0.1, -0.05) is 65.2 Å². The van der Waals surface area contributed by atoms with Crippen LogP contribution in [0.25, 0.3) is 0 Å². The van der Waals surface area contributed by atoms with Crippen molar-refractivity contribution >= 4 is 7.82 Å². The van der Waals surface area contributed by atoms with Gasteiger partial charge in [0.05, 0.1) is 0 Å². The fourth-order valence-electron chi connectivity index (χ4n) is 1.73. The summed E-state index contributed by atoms with van der Waals surface area (Å²) in [4.78, 5) is 21.6. The molecule has 0 aliphatic heterocycles. The van der Waals surface area contributed by atoms with Crippen LogP contribution in [0.15, 0.2) is 0 Å². The molecule has 0 spiro atoms. The highest BCUT2D eigenvalue weighted by Crippen LogP contribution is 2.25. The van der Waals surface area contributed by atoms with Gasteiger partial charge in [0, 0.05) is 6.61 Å². The van der Waals surface area contributed by atoms with E-state index in [0.29, 0.717) is 6.61 Å². The van der Waals surface area contributed by atoms with Gasteiger partial charge in [-0.2, -0.15) is 0 Å². The molecule has 0 saturated carbocycles. The molecule has 6 heteroatoms. The maximum Gasteiger partial charge on any atom is 0.466 e. The number of hydrogen-bond donors (Lipinski definition) is 4. The van der Waals surface area contributed by atoms with Gasteiger partial charge >= 0.3 is 7.82 Å². The third kappa shape index (κ3) is 38.1. The Hall–Kier alpha value is 0.0700. The van der Waals surface area contributed by atoms with Crippen molar-refractivity contribution in [3.05, 3.63) is 0 Å². The van der Waals surface area contributed by atoms with Crippen molar-refractivity contribution in [2.24, 2.45) is 5.92 Å². The molecule has 19 heavy (non-hydrogen) atoms. The van der Waals surface area contributed by atoms with Crippen molar-refractivity contribution in [2.75, 3.05) is 6.61 Å². The number of rotatable bonds is 10. The average molecular weight is 298 g/mol. The van der Waals surface area contributed by atoms with Gasteiger partial charge in [-0.25, -0.2) is 4.57 Å². The normalized spacial score (nSPS) is 11.3. The summed E-state index contributed by atoms with van der Waals surface area (Å²) in [5, 5.41) is 8.59. The first-order chi connectivity index (χ1) is 8.77. The Kier molecular flexibility index (Phi) is 16.3. The lowest BCUT2D eigenvalue weighted by Gasteiger charge is -2.04. The maximum absolute atomic E-state index is 8.88. The summed E-state index contributed by atoms with van der Waals surface area (Å²) in [5.41, 5.74) is 0. The van der Waals surface area contributed by atoms with Crippen molar-refractivity contribution in [1.82, 2.24) is 0 Å². The third-order valence-corrected chi connectivity index (χ3v) is 2.69. The highest BCUT2D eigenvalue weighted by atomic mass is 31.2. The van der Waals surface area contributed by atoms with E-state index in [9.17, 15) is 0 Å². The van der Waals surface area contributed by atoms with E-state index in [1.165, 1.54) is 51.4 Å². The minimum atomic E-state index is -4.64. The summed E-state index contributed by atoms with van der Waals surface area (Å²) in [6.45, 7) is 4.97. The second-order valence-electron chi connectivity index (χ2n) is 5.25. The lowest BCUT2D eigenvalue weighted by atomic mass is 10.0. The Morgan fingerprint density at radius 1 is 0.789 bits per heavy atom. The molecule has 4 N–H and O–H groups in total. The Bertz CT molecular complexity index is 207. The second kappa shape index (κ2) is 14.5. The molecule has 0 radical (unpaired) electrons. The van der Waals surface area contributed by atoms with Gasteiger partial charge in [0.15, 0.2) is 0 Å². The first-order valence-electron chi connectivity index (χ1n) is 7.16. The molecule has 0 amide bonds. The second-order valence-corrected chi connectivity index (χ2v) is 6.27. The summed E-state index contributed by atoms with van der Waals surface area (Å²) < 4.78 is 8.88. The number of aliphatic hydroxyl groups excluding tert-OH is 1. The van der Waals surface area contributed by atoms with Crippen LogP contribution >= 0.6 is 7.82 Å². The maximum atomic E-state index is 8.88. The first-order valence-corrected chi connectivity index (χ1v) is 8.73. The smallest absolute Gasteiger partial charge is 0.396 e. The number of hydrogen-bond acceptors (Lipinski definition) is 2. The van der Waals surface area contributed by atoms with E-state index in [0.717, 1.165) is 12.3 Å². The lowest BCUT2D eigenvalue weighted by molar-refractivity contribution is 0.275. The van der Waals surface area contributed by atoms with E-state index >= 15 is 0 Å². The molecular formula is C13H31O5P. The highest BCUT2D eigenvalue weighted by Gasteiger charge is 2.00. The molecule has 0 aromatic heterocycles. The summed E-state index contributed by atoms with van der Waals surface area (Å²) in [5.74, 6) is 0.875. The van der Waals surface area contributed by atoms with Gasteiger partial charge in [0.2, 0.25) is 0 Å².